The van der Waals surface area contributed by atoms with Crippen LogP contribution in [0.25, 0.3) is 0 Å². The topological polar surface area (TPSA) is 39.7 Å². The molecule has 1 saturated heterocycles. The van der Waals surface area contributed by atoms with E-state index in [9.17, 15) is 0 Å². The average molecular weight is 355 g/mol. The van der Waals surface area contributed by atoms with E-state index in [1.807, 2.05) is 24.3 Å². The third kappa shape index (κ3) is 5.95. The highest BCUT2D eigenvalue weighted by Gasteiger charge is 2.15. The van der Waals surface area contributed by atoms with Crippen molar-refractivity contribution in [2.75, 3.05) is 25.1 Å². The Hall–Kier alpha value is -2.20. The van der Waals surface area contributed by atoms with Crippen LogP contribution >= 0.6 is 0 Å². The van der Waals surface area contributed by atoms with E-state index >= 15 is 0 Å². The van der Waals surface area contributed by atoms with Gasteiger partial charge in [0.2, 0.25) is 0 Å². The average Bonchev–Trinajstić information content (AvgIpc) is 3.20. The first-order valence-electron chi connectivity index (χ1n) is 9.63. The molecule has 1 heterocycles. The minimum absolute atomic E-state index is 0.253. The van der Waals surface area contributed by atoms with E-state index in [-0.39, 0.29) is 6.10 Å². The highest BCUT2D eigenvalue weighted by molar-refractivity contribution is 5.48. The van der Waals surface area contributed by atoms with E-state index in [4.69, 9.17) is 14.2 Å². The van der Waals surface area contributed by atoms with Crippen molar-refractivity contribution in [3.63, 3.8) is 0 Å². The van der Waals surface area contributed by atoms with Crippen LogP contribution in [-0.2, 0) is 11.3 Å². The molecule has 4 nitrogen and oxygen atoms in total. The first-order valence-corrected chi connectivity index (χ1v) is 9.63. The third-order valence-corrected chi connectivity index (χ3v) is 4.48. The highest BCUT2D eigenvalue weighted by Crippen LogP contribution is 2.20. The van der Waals surface area contributed by atoms with Gasteiger partial charge in [-0.25, -0.2) is 0 Å². The molecule has 0 saturated carbocycles. The molecule has 1 atom stereocenters. The summed E-state index contributed by atoms with van der Waals surface area (Å²) in [5.74, 6) is 1.82. The van der Waals surface area contributed by atoms with Gasteiger partial charge in [0.05, 0.1) is 12.7 Å². The zero-order chi connectivity index (χ0) is 18.0. The number of hydrogen-bond acceptors (Lipinski definition) is 4. The quantitative estimate of drug-likeness (QED) is 0.606. The van der Waals surface area contributed by atoms with Gasteiger partial charge in [0, 0.05) is 24.9 Å². The second-order valence-electron chi connectivity index (χ2n) is 6.67. The minimum Gasteiger partial charge on any atom is -0.494 e. The summed E-state index contributed by atoms with van der Waals surface area (Å²) in [6.07, 6.45) is 4.72. The minimum atomic E-state index is 0.253. The number of rotatable bonds is 10. The smallest absolute Gasteiger partial charge is 0.121 e. The molecule has 0 bridgehead atoms. The van der Waals surface area contributed by atoms with Crippen molar-refractivity contribution in [1.82, 2.24) is 0 Å². The second kappa shape index (κ2) is 10.1. The lowest BCUT2D eigenvalue weighted by Gasteiger charge is -2.12. The maximum Gasteiger partial charge on any atom is 0.121 e. The SMILES string of the molecule is CCCCOc1cccc(NCc2ccc(OCC3CCCO3)cc2)c1. The Morgan fingerprint density at radius 1 is 1.08 bits per heavy atom. The molecular weight excluding hydrogens is 326 g/mol. The summed E-state index contributed by atoms with van der Waals surface area (Å²) in [5, 5.41) is 3.45. The van der Waals surface area contributed by atoms with Crippen LogP contribution in [-0.4, -0.2) is 25.9 Å². The molecule has 3 rings (SSSR count). The second-order valence-corrected chi connectivity index (χ2v) is 6.67. The predicted octanol–water partition coefficient (Wildman–Crippen LogP) is 5.04. The molecule has 1 unspecified atom stereocenters. The van der Waals surface area contributed by atoms with Crippen LogP contribution in [0.15, 0.2) is 48.5 Å². The van der Waals surface area contributed by atoms with E-state index in [1.54, 1.807) is 0 Å². The van der Waals surface area contributed by atoms with Crippen molar-refractivity contribution in [3.05, 3.63) is 54.1 Å². The molecule has 2 aromatic rings. The normalized spacial score (nSPS) is 16.4. The fourth-order valence-electron chi connectivity index (χ4n) is 2.90. The number of ether oxygens (including phenoxy) is 3. The van der Waals surface area contributed by atoms with Crippen molar-refractivity contribution in [3.8, 4) is 11.5 Å². The van der Waals surface area contributed by atoms with Crippen LogP contribution in [0.1, 0.15) is 38.2 Å². The molecule has 4 heteroatoms. The number of benzene rings is 2. The van der Waals surface area contributed by atoms with E-state index in [0.29, 0.717) is 6.61 Å². The van der Waals surface area contributed by atoms with Crippen molar-refractivity contribution in [1.29, 1.82) is 0 Å². The number of anilines is 1. The molecule has 0 aromatic heterocycles. The predicted molar refractivity (Wildman–Crippen MR) is 105 cm³/mol. The number of hydrogen-bond donors (Lipinski definition) is 1. The molecule has 0 radical (unpaired) electrons. The Labute approximate surface area is 156 Å². The van der Waals surface area contributed by atoms with Crippen LogP contribution in [0.4, 0.5) is 5.69 Å². The van der Waals surface area contributed by atoms with E-state index in [0.717, 1.165) is 62.6 Å². The van der Waals surface area contributed by atoms with Gasteiger partial charge in [-0.05, 0) is 49.1 Å². The lowest BCUT2D eigenvalue weighted by molar-refractivity contribution is 0.0679. The molecule has 0 amide bonds. The van der Waals surface area contributed by atoms with Crippen LogP contribution in [0.3, 0.4) is 0 Å². The van der Waals surface area contributed by atoms with Crippen molar-refractivity contribution < 1.29 is 14.2 Å². The monoisotopic (exact) mass is 355 g/mol. The van der Waals surface area contributed by atoms with Gasteiger partial charge >= 0.3 is 0 Å². The van der Waals surface area contributed by atoms with Crippen LogP contribution in [0.5, 0.6) is 11.5 Å². The third-order valence-electron chi connectivity index (χ3n) is 4.48. The standard InChI is InChI=1S/C22H29NO3/c1-2-3-13-24-21-7-4-6-19(15-21)23-16-18-9-11-20(12-10-18)26-17-22-8-5-14-25-22/h4,6-7,9-12,15,22-23H,2-3,5,8,13-14,16-17H2,1H3. The zero-order valence-electron chi connectivity index (χ0n) is 15.6. The largest absolute Gasteiger partial charge is 0.494 e. The van der Waals surface area contributed by atoms with Gasteiger partial charge in [-0.1, -0.05) is 31.5 Å². The number of unbranched alkanes of at least 4 members (excludes halogenated alkanes) is 1. The summed E-state index contributed by atoms with van der Waals surface area (Å²) in [6.45, 7) is 5.21. The molecule has 1 aliphatic heterocycles. The Kier molecular flexibility index (Phi) is 7.20. The van der Waals surface area contributed by atoms with Crippen molar-refractivity contribution in [2.24, 2.45) is 0 Å². The Morgan fingerprint density at radius 2 is 1.96 bits per heavy atom. The fourth-order valence-corrected chi connectivity index (χ4v) is 2.90. The van der Waals surface area contributed by atoms with Gasteiger partial charge in [0.1, 0.15) is 18.1 Å². The maximum atomic E-state index is 5.81. The van der Waals surface area contributed by atoms with Gasteiger partial charge in [-0.15, -0.1) is 0 Å². The summed E-state index contributed by atoms with van der Waals surface area (Å²) >= 11 is 0. The first-order chi connectivity index (χ1) is 12.8. The number of nitrogens with one attached hydrogen (secondary N) is 1. The summed E-state index contributed by atoms with van der Waals surface area (Å²) < 4.78 is 17.1. The van der Waals surface area contributed by atoms with Gasteiger partial charge in [0.25, 0.3) is 0 Å². The van der Waals surface area contributed by atoms with E-state index < -0.39 is 0 Å². The van der Waals surface area contributed by atoms with Crippen LogP contribution in [0.2, 0.25) is 0 Å². The zero-order valence-corrected chi connectivity index (χ0v) is 15.6. The van der Waals surface area contributed by atoms with Crippen LogP contribution < -0.4 is 14.8 Å². The van der Waals surface area contributed by atoms with Gasteiger partial charge in [-0.2, -0.15) is 0 Å². The molecule has 1 aliphatic rings. The summed E-state index contributed by atoms with van der Waals surface area (Å²) in [5.41, 5.74) is 2.28. The maximum absolute atomic E-state index is 5.81. The van der Waals surface area contributed by atoms with Gasteiger partial charge in [0.15, 0.2) is 0 Å². The summed E-state index contributed by atoms with van der Waals surface area (Å²) in [7, 11) is 0. The lowest BCUT2D eigenvalue weighted by atomic mass is 10.2. The molecule has 0 aliphatic carbocycles. The Balaban J connectivity index is 1.44. The molecule has 1 fully saturated rings. The first kappa shape index (κ1) is 18.6. The van der Waals surface area contributed by atoms with Gasteiger partial charge < -0.3 is 19.5 Å². The Morgan fingerprint density at radius 3 is 2.73 bits per heavy atom. The van der Waals surface area contributed by atoms with Crippen molar-refractivity contribution in [2.45, 2.75) is 45.3 Å². The Bertz CT molecular complexity index is 651. The summed E-state index contributed by atoms with van der Waals surface area (Å²) in [6, 6.07) is 16.4. The lowest BCUT2D eigenvalue weighted by Crippen LogP contribution is -2.16. The highest BCUT2D eigenvalue weighted by atomic mass is 16.5. The van der Waals surface area contributed by atoms with E-state index in [1.165, 1.54) is 5.56 Å². The molecule has 0 spiro atoms. The van der Waals surface area contributed by atoms with Crippen LogP contribution in [0, 0.1) is 0 Å². The molecule has 2 aromatic carbocycles. The molecule has 140 valence electrons. The molecule has 1 N–H and O–H groups in total. The fraction of sp³-hybridized carbons (Fsp3) is 0.455. The molecular formula is C22H29NO3. The molecule has 26 heavy (non-hydrogen) atoms. The van der Waals surface area contributed by atoms with E-state index in [2.05, 4.69) is 36.5 Å². The summed E-state index contributed by atoms with van der Waals surface area (Å²) in [4.78, 5) is 0. The van der Waals surface area contributed by atoms with Gasteiger partial charge in [-0.3, -0.25) is 0 Å². The van der Waals surface area contributed by atoms with Crippen molar-refractivity contribution >= 4 is 5.69 Å².